The van der Waals surface area contributed by atoms with Gasteiger partial charge in [0.25, 0.3) is 0 Å². The molecule has 1 aliphatic heterocycles. The first-order valence-electron chi connectivity index (χ1n) is 7.56. The predicted octanol–water partition coefficient (Wildman–Crippen LogP) is 3.17. The van der Waals surface area contributed by atoms with Crippen LogP contribution in [0.3, 0.4) is 0 Å². The molecule has 1 aliphatic rings. The molecular weight excluding hydrogens is 342 g/mol. The summed E-state index contributed by atoms with van der Waals surface area (Å²) in [5.41, 5.74) is 1.32. The summed E-state index contributed by atoms with van der Waals surface area (Å²) in [6.07, 6.45) is 0. The fraction of sp³-hybridized carbons (Fsp3) is 0.111. The van der Waals surface area contributed by atoms with Gasteiger partial charge >= 0.3 is 6.03 Å². The van der Waals surface area contributed by atoms with Gasteiger partial charge in [-0.05, 0) is 29.8 Å². The van der Waals surface area contributed by atoms with Gasteiger partial charge in [0.05, 0.1) is 16.8 Å². The van der Waals surface area contributed by atoms with Gasteiger partial charge in [-0.2, -0.15) is 0 Å². The topological polar surface area (TPSA) is 90.5 Å². The van der Waals surface area contributed by atoms with Crippen molar-refractivity contribution in [1.29, 1.82) is 0 Å². The van der Waals surface area contributed by atoms with Crippen molar-refractivity contribution in [1.82, 2.24) is 10.6 Å². The molecule has 0 spiro atoms. The fourth-order valence-electron chi connectivity index (χ4n) is 2.76. The number of phenols is 1. The molecular formula is C18H16ClN3O3. The lowest BCUT2D eigenvalue weighted by Crippen LogP contribution is -2.51. The molecule has 6 nitrogen and oxygen atoms in total. The molecule has 4 N–H and O–H groups in total. The van der Waals surface area contributed by atoms with Gasteiger partial charge in [-0.1, -0.05) is 42.4 Å². The third kappa shape index (κ3) is 3.59. The highest BCUT2D eigenvalue weighted by Crippen LogP contribution is 2.32. The van der Waals surface area contributed by atoms with E-state index in [1.165, 1.54) is 12.1 Å². The largest absolute Gasteiger partial charge is 0.508 e. The van der Waals surface area contributed by atoms with Crippen molar-refractivity contribution in [3.63, 3.8) is 0 Å². The number of hydrogen-bond donors (Lipinski definition) is 4. The van der Waals surface area contributed by atoms with E-state index < -0.39 is 18.0 Å². The van der Waals surface area contributed by atoms with Crippen molar-refractivity contribution in [2.45, 2.75) is 6.04 Å². The maximum Gasteiger partial charge on any atom is 0.319 e. The molecule has 7 heteroatoms. The van der Waals surface area contributed by atoms with E-state index >= 15 is 0 Å². The number of amides is 3. The molecule has 25 heavy (non-hydrogen) atoms. The Balaban J connectivity index is 1.92. The smallest absolute Gasteiger partial charge is 0.319 e. The molecule has 128 valence electrons. The summed E-state index contributed by atoms with van der Waals surface area (Å²) in [6.45, 7) is 3.80. The van der Waals surface area contributed by atoms with Crippen LogP contribution in [-0.2, 0) is 4.79 Å². The second-order valence-corrected chi connectivity index (χ2v) is 6.05. The van der Waals surface area contributed by atoms with Crippen molar-refractivity contribution < 1.29 is 14.7 Å². The van der Waals surface area contributed by atoms with Crippen molar-refractivity contribution in [3.8, 4) is 5.75 Å². The summed E-state index contributed by atoms with van der Waals surface area (Å²) in [4.78, 5) is 24.6. The standard InChI is InChI=1S/C18H16ClN3O3/c1-10-15(17(24)21-14-8-3-2-7-13(14)19)16(22-18(25)20-10)11-5-4-6-12(23)9-11/h2-9,15-16,23H,1H2,(H,21,24)(H2,20,22,25)/t15-,16+/m0/s1. The summed E-state index contributed by atoms with van der Waals surface area (Å²) in [7, 11) is 0. The maximum atomic E-state index is 12.8. The summed E-state index contributed by atoms with van der Waals surface area (Å²) in [5, 5.41) is 18.1. The highest BCUT2D eigenvalue weighted by atomic mass is 35.5. The molecule has 0 saturated carbocycles. The Morgan fingerprint density at radius 3 is 2.68 bits per heavy atom. The van der Waals surface area contributed by atoms with Gasteiger partial charge in [-0.3, -0.25) is 4.79 Å². The van der Waals surface area contributed by atoms with E-state index in [1.807, 2.05) is 0 Å². The number of halogens is 1. The minimum Gasteiger partial charge on any atom is -0.508 e. The number of carbonyl (C=O) groups is 2. The minimum absolute atomic E-state index is 0.0427. The van der Waals surface area contributed by atoms with Crippen LogP contribution in [0, 0.1) is 5.92 Å². The summed E-state index contributed by atoms with van der Waals surface area (Å²) < 4.78 is 0. The number of para-hydroxylation sites is 1. The first-order valence-corrected chi connectivity index (χ1v) is 7.94. The summed E-state index contributed by atoms with van der Waals surface area (Å²) >= 11 is 6.09. The highest BCUT2D eigenvalue weighted by molar-refractivity contribution is 6.33. The number of carbonyl (C=O) groups excluding carboxylic acids is 2. The van der Waals surface area contributed by atoms with Crippen molar-refractivity contribution >= 4 is 29.2 Å². The van der Waals surface area contributed by atoms with Crippen LogP contribution in [0.25, 0.3) is 0 Å². The molecule has 2 atom stereocenters. The molecule has 1 heterocycles. The number of anilines is 1. The third-order valence-electron chi connectivity index (χ3n) is 3.91. The van der Waals surface area contributed by atoms with E-state index in [0.717, 1.165) is 0 Å². The summed E-state index contributed by atoms with van der Waals surface area (Å²) in [6, 6.07) is 12.1. The first kappa shape index (κ1) is 16.9. The number of phenolic OH excluding ortho intramolecular Hbond substituents is 1. The van der Waals surface area contributed by atoms with Crippen LogP contribution in [0.2, 0.25) is 5.02 Å². The zero-order valence-corrected chi connectivity index (χ0v) is 13.9. The Labute approximate surface area is 149 Å². The van der Waals surface area contributed by atoms with Crippen LogP contribution < -0.4 is 16.0 Å². The van der Waals surface area contributed by atoms with E-state index in [2.05, 4.69) is 22.5 Å². The number of benzene rings is 2. The molecule has 3 rings (SSSR count). The number of rotatable bonds is 3. The first-order chi connectivity index (χ1) is 12.0. The maximum absolute atomic E-state index is 12.8. The predicted molar refractivity (Wildman–Crippen MR) is 95.2 cm³/mol. The Morgan fingerprint density at radius 2 is 1.96 bits per heavy atom. The lowest BCUT2D eigenvalue weighted by atomic mass is 9.88. The molecule has 1 saturated heterocycles. The lowest BCUT2D eigenvalue weighted by Gasteiger charge is -2.34. The molecule has 2 aromatic rings. The van der Waals surface area contributed by atoms with Gasteiger partial charge in [0, 0.05) is 5.70 Å². The van der Waals surface area contributed by atoms with Crippen molar-refractivity contribution in [2.24, 2.45) is 5.92 Å². The Bertz CT molecular complexity index is 853. The monoisotopic (exact) mass is 357 g/mol. The Morgan fingerprint density at radius 1 is 1.20 bits per heavy atom. The van der Waals surface area contributed by atoms with Gasteiger partial charge in [-0.25, -0.2) is 4.79 Å². The summed E-state index contributed by atoms with van der Waals surface area (Å²) in [5.74, 6) is -1.11. The van der Waals surface area contributed by atoms with Gasteiger partial charge in [0.1, 0.15) is 11.7 Å². The Kier molecular flexibility index (Phi) is 4.63. The number of urea groups is 1. The third-order valence-corrected chi connectivity index (χ3v) is 4.24. The van der Waals surface area contributed by atoms with E-state index in [9.17, 15) is 14.7 Å². The zero-order valence-electron chi connectivity index (χ0n) is 13.1. The van der Waals surface area contributed by atoms with Crippen LogP contribution in [-0.4, -0.2) is 17.0 Å². The second kappa shape index (κ2) is 6.86. The van der Waals surface area contributed by atoms with E-state index in [4.69, 9.17) is 11.6 Å². The molecule has 1 fully saturated rings. The van der Waals surface area contributed by atoms with Crippen LogP contribution in [0.5, 0.6) is 5.75 Å². The molecule has 0 radical (unpaired) electrons. The number of aromatic hydroxyl groups is 1. The number of nitrogens with one attached hydrogen (secondary N) is 3. The average Bonchev–Trinajstić information content (AvgIpc) is 2.56. The van der Waals surface area contributed by atoms with Crippen LogP contribution >= 0.6 is 11.6 Å². The van der Waals surface area contributed by atoms with Gasteiger partial charge in [-0.15, -0.1) is 0 Å². The normalized spacial score (nSPS) is 19.7. The highest BCUT2D eigenvalue weighted by Gasteiger charge is 2.38. The van der Waals surface area contributed by atoms with E-state index in [-0.39, 0.29) is 17.4 Å². The van der Waals surface area contributed by atoms with E-state index in [1.54, 1.807) is 36.4 Å². The van der Waals surface area contributed by atoms with Crippen LogP contribution in [0.1, 0.15) is 11.6 Å². The number of hydrogen-bond acceptors (Lipinski definition) is 3. The second-order valence-electron chi connectivity index (χ2n) is 5.64. The molecule has 3 amide bonds. The molecule has 2 aromatic carbocycles. The SMILES string of the molecule is C=C1NC(=O)N[C@H](c2cccc(O)c2)[C@H]1C(=O)Nc1ccccc1Cl. The molecule has 0 aliphatic carbocycles. The van der Waals surface area contributed by atoms with Gasteiger partial charge < -0.3 is 21.1 Å². The zero-order chi connectivity index (χ0) is 18.0. The van der Waals surface area contributed by atoms with Crippen LogP contribution in [0.15, 0.2) is 60.8 Å². The average molecular weight is 358 g/mol. The molecule has 0 bridgehead atoms. The van der Waals surface area contributed by atoms with Crippen molar-refractivity contribution in [2.75, 3.05) is 5.32 Å². The van der Waals surface area contributed by atoms with Gasteiger partial charge in [0.15, 0.2) is 0 Å². The fourth-order valence-corrected chi connectivity index (χ4v) is 2.95. The van der Waals surface area contributed by atoms with Crippen LogP contribution in [0.4, 0.5) is 10.5 Å². The van der Waals surface area contributed by atoms with Gasteiger partial charge in [0.2, 0.25) is 5.91 Å². The lowest BCUT2D eigenvalue weighted by molar-refractivity contribution is -0.119. The van der Waals surface area contributed by atoms with E-state index in [0.29, 0.717) is 16.3 Å². The molecule has 0 aromatic heterocycles. The molecule has 0 unspecified atom stereocenters. The van der Waals surface area contributed by atoms with Crippen molar-refractivity contribution in [3.05, 3.63) is 71.4 Å². The quantitative estimate of drug-likeness (QED) is 0.680. The Hall–Kier alpha value is -2.99. The minimum atomic E-state index is -0.782.